The van der Waals surface area contributed by atoms with Crippen molar-refractivity contribution in [3.05, 3.63) is 53.6 Å². The van der Waals surface area contributed by atoms with Crippen LogP contribution in [0.3, 0.4) is 0 Å². The van der Waals surface area contributed by atoms with Crippen LogP contribution in [-0.4, -0.2) is 5.97 Å². The first-order valence-electron chi connectivity index (χ1n) is 12.5. The fourth-order valence-corrected chi connectivity index (χ4v) is 5.45. The highest BCUT2D eigenvalue weighted by atomic mass is 16.5. The predicted molar refractivity (Wildman–Crippen MR) is 134 cm³/mol. The number of benzene rings is 2. The van der Waals surface area contributed by atoms with Crippen LogP contribution >= 0.6 is 0 Å². The maximum atomic E-state index is 12.4. The SMILES string of the molecule is CC.CC1CCC(C2CCC(c3ccc(OC(=O)c4cc(N)cc(N)c4)cc3)CC2)CC1. The summed E-state index contributed by atoms with van der Waals surface area (Å²) in [6.45, 7) is 6.40. The molecular weight excluding hydrogens is 396 g/mol. The largest absolute Gasteiger partial charge is 0.423 e. The minimum absolute atomic E-state index is 0.368. The molecular formula is C28H40N2O2. The maximum absolute atomic E-state index is 12.4. The number of anilines is 2. The number of nitrogen functional groups attached to an aromatic ring is 2. The molecule has 4 nitrogen and oxygen atoms in total. The van der Waals surface area contributed by atoms with Gasteiger partial charge in [-0.3, -0.25) is 0 Å². The molecule has 0 atom stereocenters. The van der Waals surface area contributed by atoms with E-state index in [4.69, 9.17) is 16.2 Å². The number of esters is 1. The van der Waals surface area contributed by atoms with Crippen molar-refractivity contribution in [1.29, 1.82) is 0 Å². The zero-order chi connectivity index (χ0) is 23.1. The number of nitrogens with two attached hydrogens (primary N) is 2. The molecule has 0 bridgehead atoms. The quantitative estimate of drug-likeness (QED) is 0.302. The van der Waals surface area contributed by atoms with E-state index < -0.39 is 5.97 Å². The normalized spacial score (nSPS) is 25.3. The van der Waals surface area contributed by atoms with Gasteiger partial charge >= 0.3 is 5.97 Å². The molecule has 4 heteroatoms. The summed E-state index contributed by atoms with van der Waals surface area (Å²) in [6.07, 6.45) is 11.0. The molecule has 0 heterocycles. The van der Waals surface area contributed by atoms with E-state index >= 15 is 0 Å². The fraction of sp³-hybridized carbons (Fsp3) is 0.536. The standard InChI is InChI=1S/C26H34N2O2.C2H6/c1-17-2-4-18(5-3-17)19-6-8-20(9-7-19)21-10-12-25(13-11-21)30-26(29)22-14-23(27)16-24(28)15-22;1-2/h10-20H,2-9,27-28H2,1H3;1-2H3. The van der Waals surface area contributed by atoms with E-state index in [1.54, 1.807) is 18.2 Å². The number of hydrogen-bond donors (Lipinski definition) is 2. The molecule has 0 aliphatic heterocycles. The van der Waals surface area contributed by atoms with Gasteiger partial charge in [-0.05, 0) is 98.1 Å². The highest BCUT2D eigenvalue weighted by molar-refractivity contribution is 5.93. The molecule has 2 fully saturated rings. The van der Waals surface area contributed by atoms with Crippen LogP contribution in [0.25, 0.3) is 0 Å². The third-order valence-electron chi connectivity index (χ3n) is 7.27. The van der Waals surface area contributed by atoms with Crippen molar-refractivity contribution < 1.29 is 9.53 Å². The third kappa shape index (κ3) is 6.27. The summed E-state index contributed by atoms with van der Waals surface area (Å²) < 4.78 is 5.51. The number of rotatable bonds is 4. The average Bonchev–Trinajstić information content (AvgIpc) is 2.81. The van der Waals surface area contributed by atoms with E-state index in [0.29, 0.717) is 28.6 Å². The lowest BCUT2D eigenvalue weighted by molar-refractivity contribution is 0.0735. The second kappa shape index (κ2) is 11.4. The molecule has 0 saturated heterocycles. The zero-order valence-electron chi connectivity index (χ0n) is 20.0. The number of carbonyl (C=O) groups is 1. The number of carbonyl (C=O) groups excluding carboxylic acids is 1. The first-order valence-corrected chi connectivity index (χ1v) is 12.5. The van der Waals surface area contributed by atoms with E-state index in [9.17, 15) is 4.79 Å². The van der Waals surface area contributed by atoms with Gasteiger partial charge < -0.3 is 16.2 Å². The summed E-state index contributed by atoms with van der Waals surface area (Å²) in [5.74, 6) is 3.56. The van der Waals surface area contributed by atoms with Crippen LogP contribution in [0.4, 0.5) is 11.4 Å². The van der Waals surface area contributed by atoms with Gasteiger partial charge in [-0.15, -0.1) is 0 Å². The number of hydrogen-bond acceptors (Lipinski definition) is 4. The Morgan fingerprint density at radius 1 is 0.781 bits per heavy atom. The van der Waals surface area contributed by atoms with Crippen LogP contribution in [-0.2, 0) is 0 Å². The van der Waals surface area contributed by atoms with Crippen LogP contribution in [0, 0.1) is 17.8 Å². The van der Waals surface area contributed by atoms with Crippen LogP contribution < -0.4 is 16.2 Å². The Morgan fingerprint density at radius 2 is 1.28 bits per heavy atom. The molecule has 0 spiro atoms. The van der Waals surface area contributed by atoms with Gasteiger partial charge in [0.05, 0.1) is 5.56 Å². The van der Waals surface area contributed by atoms with E-state index in [-0.39, 0.29) is 0 Å². The highest BCUT2D eigenvalue weighted by Crippen LogP contribution is 2.43. The molecule has 4 N–H and O–H groups in total. The average molecular weight is 437 g/mol. The monoisotopic (exact) mass is 436 g/mol. The molecule has 2 saturated carbocycles. The zero-order valence-corrected chi connectivity index (χ0v) is 20.0. The minimum atomic E-state index is -0.441. The lowest BCUT2D eigenvalue weighted by Gasteiger charge is -2.37. The first kappa shape index (κ1) is 24.2. The van der Waals surface area contributed by atoms with Gasteiger partial charge in [0.15, 0.2) is 0 Å². The Kier molecular flexibility index (Phi) is 8.60. The molecule has 4 rings (SSSR count). The Balaban J connectivity index is 0.00000141. The van der Waals surface area contributed by atoms with Crippen molar-refractivity contribution in [1.82, 2.24) is 0 Å². The van der Waals surface area contributed by atoms with Gasteiger partial charge in [0.2, 0.25) is 0 Å². The molecule has 0 amide bonds. The van der Waals surface area contributed by atoms with Gasteiger partial charge in [0.25, 0.3) is 0 Å². The van der Waals surface area contributed by atoms with Crippen molar-refractivity contribution >= 4 is 17.3 Å². The van der Waals surface area contributed by atoms with Gasteiger partial charge in [-0.2, -0.15) is 0 Å². The molecule has 0 radical (unpaired) electrons. The van der Waals surface area contributed by atoms with Gasteiger partial charge in [0, 0.05) is 11.4 Å². The highest BCUT2D eigenvalue weighted by Gasteiger charge is 2.30. The molecule has 0 aromatic heterocycles. The Morgan fingerprint density at radius 3 is 1.81 bits per heavy atom. The lowest BCUT2D eigenvalue weighted by Crippen LogP contribution is -2.24. The summed E-state index contributed by atoms with van der Waals surface area (Å²) >= 11 is 0. The van der Waals surface area contributed by atoms with Crippen LogP contribution in [0.5, 0.6) is 5.75 Å². The smallest absolute Gasteiger partial charge is 0.343 e. The van der Waals surface area contributed by atoms with Crippen molar-refractivity contribution in [2.24, 2.45) is 17.8 Å². The first-order chi connectivity index (χ1) is 15.5. The van der Waals surface area contributed by atoms with Gasteiger partial charge in [-0.1, -0.05) is 45.7 Å². The summed E-state index contributed by atoms with van der Waals surface area (Å²) in [7, 11) is 0. The van der Waals surface area contributed by atoms with E-state index in [1.807, 2.05) is 26.0 Å². The summed E-state index contributed by atoms with van der Waals surface area (Å²) in [5, 5.41) is 0. The molecule has 2 aromatic rings. The third-order valence-corrected chi connectivity index (χ3v) is 7.27. The lowest BCUT2D eigenvalue weighted by atomic mass is 9.68. The summed E-state index contributed by atoms with van der Waals surface area (Å²) in [5.41, 5.74) is 14.2. The van der Waals surface area contributed by atoms with Crippen LogP contribution in [0.1, 0.15) is 94.0 Å². The van der Waals surface area contributed by atoms with E-state index in [2.05, 4.69) is 19.1 Å². The van der Waals surface area contributed by atoms with Gasteiger partial charge in [-0.25, -0.2) is 4.79 Å². The van der Waals surface area contributed by atoms with Crippen molar-refractivity contribution in [3.63, 3.8) is 0 Å². The predicted octanol–water partition coefficient (Wildman–Crippen LogP) is 7.20. The Bertz CT molecular complexity index is 841. The Labute approximate surface area is 193 Å². The summed E-state index contributed by atoms with van der Waals surface area (Å²) in [6, 6.07) is 12.8. The fourth-order valence-electron chi connectivity index (χ4n) is 5.45. The minimum Gasteiger partial charge on any atom is -0.423 e. The van der Waals surface area contributed by atoms with Crippen molar-refractivity contribution in [2.75, 3.05) is 11.5 Å². The molecule has 0 unspecified atom stereocenters. The van der Waals surface area contributed by atoms with Crippen molar-refractivity contribution in [3.8, 4) is 5.75 Å². The van der Waals surface area contributed by atoms with Gasteiger partial charge in [0.1, 0.15) is 5.75 Å². The second-order valence-corrected chi connectivity index (χ2v) is 9.48. The van der Waals surface area contributed by atoms with Crippen molar-refractivity contribution in [2.45, 2.75) is 78.1 Å². The van der Waals surface area contributed by atoms with Crippen LogP contribution in [0.2, 0.25) is 0 Å². The second-order valence-electron chi connectivity index (χ2n) is 9.48. The molecule has 174 valence electrons. The molecule has 2 aromatic carbocycles. The molecule has 2 aliphatic carbocycles. The van der Waals surface area contributed by atoms with E-state index in [1.165, 1.54) is 56.9 Å². The van der Waals surface area contributed by atoms with Crippen LogP contribution in [0.15, 0.2) is 42.5 Å². The number of ether oxygens (including phenoxy) is 1. The molecule has 32 heavy (non-hydrogen) atoms. The van der Waals surface area contributed by atoms with E-state index in [0.717, 1.165) is 17.8 Å². The topological polar surface area (TPSA) is 78.3 Å². The Hall–Kier alpha value is -2.49. The molecule has 2 aliphatic rings. The maximum Gasteiger partial charge on any atom is 0.343 e. The summed E-state index contributed by atoms with van der Waals surface area (Å²) in [4.78, 5) is 12.4.